The minimum Gasteiger partial charge on any atom is -0.481 e. The predicted molar refractivity (Wildman–Crippen MR) is 132 cm³/mol. The van der Waals surface area contributed by atoms with E-state index >= 15 is 0 Å². The van der Waals surface area contributed by atoms with Crippen molar-refractivity contribution in [3.63, 3.8) is 0 Å². The first-order chi connectivity index (χ1) is 18.5. The first-order valence-corrected chi connectivity index (χ1v) is 12.2. The quantitative estimate of drug-likeness (QED) is 0.285. The van der Waals surface area contributed by atoms with E-state index in [9.17, 15) is 36.6 Å². The number of carbonyl (C=O) groups is 2. The van der Waals surface area contributed by atoms with Gasteiger partial charge in [0, 0.05) is 36.8 Å². The van der Waals surface area contributed by atoms with Gasteiger partial charge in [-0.3, -0.25) is 24.4 Å². The number of alkyl halides is 5. The Kier molecular flexibility index (Phi) is 8.28. The summed E-state index contributed by atoms with van der Waals surface area (Å²) in [5.41, 5.74) is -0.814. The molecule has 8 nitrogen and oxygen atoms in total. The van der Waals surface area contributed by atoms with Gasteiger partial charge < -0.3 is 5.11 Å². The van der Waals surface area contributed by atoms with Crippen LogP contribution in [0.1, 0.15) is 31.2 Å². The highest BCUT2D eigenvalue weighted by Crippen LogP contribution is 2.39. The van der Waals surface area contributed by atoms with Crippen LogP contribution in [0.15, 0.2) is 54.9 Å². The summed E-state index contributed by atoms with van der Waals surface area (Å²) < 4.78 is 70.5. The summed E-state index contributed by atoms with van der Waals surface area (Å²) in [4.78, 5) is 30.5. The van der Waals surface area contributed by atoms with Crippen LogP contribution in [0.4, 0.5) is 27.8 Å². The molecule has 1 aromatic carbocycles. The highest BCUT2D eigenvalue weighted by molar-refractivity contribution is 5.80. The van der Waals surface area contributed by atoms with Crippen molar-refractivity contribution in [1.29, 1.82) is 0 Å². The maximum Gasteiger partial charge on any atom is 0.417 e. The Labute approximate surface area is 220 Å². The summed E-state index contributed by atoms with van der Waals surface area (Å²) in [5.74, 6) is -4.17. The number of likely N-dealkylation sites (tertiary alicyclic amines) is 1. The van der Waals surface area contributed by atoms with Gasteiger partial charge in [-0.05, 0) is 37.6 Å². The molecule has 1 atom stereocenters. The number of hydrogen-bond donors (Lipinski definition) is 1. The van der Waals surface area contributed by atoms with Gasteiger partial charge in [-0.15, -0.1) is 5.10 Å². The second-order valence-electron chi connectivity index (χ2n) is 9.34. The number of aliphatic carboxylic acids is 1. The number of amides is 1. The number of aromatic nitrogens is 3. The second-order valence-corrected chi connectivity index (χ2v) is 9.34. The third-order valence-electron chi connectivity index (χ3n) is 6.53. The molecule has 1 aliphatic rings. The lowest BCUT2D eigenvalue weighted by molar-refractivity contribution is -0.138. The molecule has 1 fully saturated rings. The van der Waals surface area contributed by atoms with Crippen LogP contribution in [0.25, 0.3) is 16.9 Å². The monoisotopic (exact) mass is 551 g/mol. The van der Waals surface area contributed by atoms with Crippen molar-refractivity contribution in [2.75, 3.05) is 24.5 Å². The van der Waals surface area contributed by atoms with Crippen LogP contribution < -0.4 is 4.90 Å². The molecule has 208 valence electrons. The fourth-order valence-corrected chi connectivity index (χ4v) is 4.75. The lowest BCUT2D eigenvalue weighted by atomic mass is 10.0. The molecule has 2 aromatic heterocycles. The Morgan fingerprint density at radius 3 is 2.62 bits per heavy atom. The van der Waals surface area contributed by atoms with Crippen molar-refractivity contribution in [3.8, 4) is 16.9 Å². The van der Waals surface area contributed by atoms with Crippen molar-refractivity contribution in [1.82, 2.24) is 19.7 Å². The topological polar surface area (TPSA) is 91.6 Å². The molecule has 3 aromatic rings. The van der Waals surface area contributed by atoms with Gasteiger partial charge in [0.05, 0.1) is 36.1 Å². The van der Waals surface area contributed by atoms with E-state index in [-0.39, 0.29) is 42.9 Å². The van der Waals surface area contributed by atoms with Gasteiger partial charge in [0.15, 0.2) is 5.82 Å². The average molecular weight is 552 g/mol. The van der Waals surface area contributed by atoms with Crippen LogP contribution in [0.5, 0.6) is 0 Å². The van der Waals surface area contributed by atoms with Crippen molar-refractivity contribution < 1.29 is 36.6 Å². The van der Waals surface area contributed by atoms with Crippen LogP contribution in [0, 0.1) is 0 Å². The Hall–Kier alpha value is -3.87. The largest absolute Gasteiger partial charge is 0.481 e. The standard InChI is InChI=1S/C26H26F5N5O3/c27-25(28)9-4-11-34(16-25)12-8-18(13-24(38)39)35(17-37)23-14-22(36(33-23)19-5-3-10-32-15-19)20-6-1-2-7-21(20)26(29,30)31/h1-3,5-7,10,14-15,17-18H,4,8-9,11-13,16H2,(H,38,39)/t18-/m0/s1. The van der Waals surface area contributed by atoms with Crippen molar-refractivity contribution in [3.05, 3.63) is 60.4 Å². The molecule has 1 amide bonds. The average Bonchev–Trinajstić information content (AvgIpc) is 3.32. The maximum absolute atomic E-state index is 13.9. The first kappa shape index (κ1) is 28.1. The number of carboxylic acid groups (broad SMARTS) is 1. The Morgan fingerprint density at radius 2 is 1.97 bits per heavy atom. The lowest BCUT2D eigenvalue weighted by Crippen LogP contribution is -2.45. The number of rotatable bonds is 10. The predicted octanol–water partition coefficient (Wildman–Crippen LogP) is 4.88. The number of benzene rings is 1. The minimum atomic E-state index is -4.69. The van der Waals surface area contributed by atoms with E-state index < -0.39 is 42.6 Å². The Morgan fingerprint density at radius 1 is 1.21 bits per heavy atom. The van der Waals surface area contributed by atoms with E-state index in [1.807, 2.05) is 0 Å². The molecule has 39 heavy (non-hydrogen) atoms. The Bertz CT molecular complexity index is 1300. The molecule has 0 saturated carbocycles. The number of nitrogens with zero attached hydrogens (tertiary/aromatic N) is 5. The second kappa shape index (κ2) is 11.5. The fourth-order valence-electron chi connectivity index (χ4n) is 4.75. The number of anilines is 1. The first-order valence-electron chi connectivity index (χ1n) is 12.2. The summed E-state index contributed by atoms with van der Waals surface area (Å²) in [6.07, 6.45) is -1.90. The van der Waals surface area contributed by atoms with Crippen LogP contribution in [0.2, 0.25) is 0 Å². The van der Waals surface area contributed by atoms with Crippen molar-refractivity contribution >= 4 is 18.2 Å². The number of carboxylic acids is 1. The zero-order valence-corrected chi connectivity index (χ0v) is 20.7. The van der Waals surface area contributed by atoms with Gasteiger partial charge in [-0.2, -0.15) is 13.2 Å². The SMILES string of the molecule is O=CN(c1cc(-c2ccccc2C(F)(F)F)n(-c2cccnc2)n1)[C@@H](CCN1CCCC(F)(F)C1)CC(=O)O. The summed E-state index contributed by atoms with van der Waals surface area (Å²) in [7, 11) is 0. The number of piperidine rings is 1. The number of hydrogen-bond acceptors (Lipinski definition) is 5. The molecule has 13 heteroatoms. The summed E-state index contributed by atoms with van der Waals surface area (Å²) in [6, 6.07) is 8.30. The molecule has 0 bridgehead atoms. The fraction of sp³-hybridized carbons (Fsp3) is 0.385. The molecule has 1 saturated heterocycles. The van der Waals surface area contributed by atoms with Crippen molar-refractivity contribution in [2.45, 2.75) is 43.8 Å². The smallest absolute Gasteiger partial charge is 0.417 e. The highest BCUT2D eigenvalue weighted by Gasteiger charge is 2.37. The number of carbonyl (C=O) groups excluding carboxylic acids is 1. The molecule has 0 unspecified atom stereocenters. The molecule has 3 heterocycles. The van der Waals surface area contributed by atoms with Gasteiger partial charge in [0.1, 0.15) is 0 Å². The van der Waals surface area contributed by atoms with Gasteiger partial charge in [-0.25, -0.2) is 13.5 Å². The Balaban J connectivity index is 1.74. The van der Waals surface area contributed by atoms with Crippen molar-refractivity contribution in [2.24, 2.45) is 0 Å². The van der Waals surface area contributed by atoms with E-state index in [2.05, 4.69) is 10.1 Å². The van der Waals surface area contributed by atoms with E-state index in [0.717, 1.165) is 11.0 Å². The number of halogens is 5. The summed E-state index contributed by atoms with van der Waals surface area (Å²) in [6.45, 7) is 0.0390. The van der Waals surface area contributed by atoms with Gasteiger partial charge in [0.2, 0.25) is 6.41 Å². The van der Waals surface area contributed by atoms with E-state index in [1.165, 1.54) is 46.2 Å². The molecule has 0 radical (unpaired) electrons. The molecule has 0 aliphatic carbocycles. The highest BCUT2D eigenvalue weighted by atomic mass is 19.4. The van der Waals surface area contributed by atoms with E-state index in [0.29, 0.717) is 18.6 Å². The van der Waals surface area contributed by atoms with Gasteiger partial charge >= 0.3 is 12.1 Å². The molecule has 1 aliphatic heterocycles. The zero-order valence-electron chi connectivity index (χ0n) is 20.7. The third-order valence-corrected chi connectivity index (χ3v) is 6.53. The molecule has 1 N–H and O–H groups in total. The lowest BCUT2D eigenvalue weighted by Gasteiger charge is -2.34. The third kappa shape index (κ3) is 6.77. The maximum atomic E-state index is 13.9. The number of pyridine rings is 1. The van der Waals surface area contributed by atoms with Gasteiger partial charge in [-0.1, -0.05) is 18.2 Å². The van der Waals surface area contributed by atoms with Gasteiger partial charge in [0.25, 0.3) is 5.92 Å². The van der Waals surface area contributed by atoms with E-state index in [1.54, 1.807) is 12.1 Å². The van der Waals surface area contributed by atoms with E-state index in [4.69, 9.17) is 0 Å². The summed E-state index contributed by atoms with van der Waals surface area (Å²) in [5, 5.41) is 13.9. The molecular weight excluding hydrogens is 525 g/mol. The minimum absolute atomic E-state index is 0.00234. The molecular formula is C26H26F5N5O3. The molecule has 0 spiro atoms. The summed E-state index contributed by atoms with van der Waals surface area (Å²) >= 11 is 0. The zero-order chi connectivity index (χ0) is 28.2. The van der Waals surface area contributed by atoms with Crippen LogP contribution >= 0.6 is 0 Å². The van der Waals surface area contributed by atoms with Crippen LogP contribution in [-0.2, 0) is 15.8 Å². The van der Waals surface area contributed by atoms with Crippen LogP contribution in [-0.4, -0.2) is 68.7 Å². The van der Waals surface area contributed by atoms with Crippen LogP contribution in [0.3, 0.4) is 0 Å². The molecule has 4 rings (SSSR count). The normalized spacial score (nSPS) is 16.5.